The van der Waals surface area contributed by atoms with Gasteiger partial charge in [-0.25, -0.2) is 8.42 Å². The third-order valence-corrected chi connectivity index (χ3v) is 5.88. The summed E-state index contributed by atoms with van der Waals surface area (Å²) in [6, 6.07) is 13.2. The first kappa shape index (κ1) is 19.1. The second kappa shape index (κ2) is 7.52. The summed E-state index contributed by atoms with van der Waals surface area (Å²) < 4.78 is 33.6. The second-order valence-corrected chi connectivity index (χ2v) is 8.39. The van der Waals surface area contributed by atoms with E-state index in [1.807, 2.05) is 30.3 Å². The molecular weight excluding hydrogens is 362 g/mol. The van der Waals surface area contributed by atoms with Crippen LogP contribution in [-0.4, -0.2) is 25.8 Å². The number of nitrogens with two attached hydrogens (primary N) is 1. The minimum atomic E-state index is -3.30. The molecule has 0 atom stereocenters. The number of methoxy groups -OCH3 is 1. The van der Waals surface area contributed by atoms with Crippen LogP contribution in [0.5, 0.6) is 5.75 Å². The summed E-state index contributed by atoms with van der Waals surface area (Å²) in [6.07, 6.45) is 0.960. The van der Waals surface area contributed by atoms with E-state index in [4.69, 9.17) is 10.5 Å². The molecule has 6 nitrogen and oxygen atoms in total. The summed E-state index contributed by atoms with van der Waals surface area (Å²) in [5, 5.41) is 0.981. The summed E-state index contributed by atoms with van der Waals surface area (Å²) in [4.78, 5) is 0. The maximum absolute atomic E-state index is 11.7. The van der Waals surface area contributed by atoms with Gasteiger partial charge in [-0.1, -0.05) is 19.1 Å². The number of aromatic nitrogens is 1. The van der Waals surface area contributed by atoms with E-state index < -0.39 is 10.0 Å². The smallest absolute Gasteiger partial charge is 0.232 e. The van der Waals surface area contributed by atoms with Crippen molar-refractivity contribution in [2.45, 2.75) is 26.8 Å². The minimum Gasteiger partial charge on any atom is -0.497 e. The van der Waals surface area contributed by atoms with Crippen LogP contribution in [0.1, 0.15) is 20.3 Å². The van der Waals surface area contributed by atoms with Gasteiger partial charge in [0.25, 0.3) is 0 Å². The number of aryl methyl sites for hydroxylation is 1. The van der Waals surface area contributed by atoms with Crippen molar-refractivity contribution in [3.05, 3.63) is 42.5 Å². The van der Waals surface area contributed by atoms with Gasteiger partial charge < -0.3 is 15.0 Å². The summed E-state index contributed by atoms with van der Waals surface area (Å²) in [6.45, 7) is 4.55. The number of sulfonamides is 1. The number of fused-ring (bicyclic) bond motifs is 1. The molecule has 0 bridgehead atoms. The highest BCUT2D eigenvalue weighted by atomic mass is 32.2. The molecule has 3 aromatic rings. The maximum atomic E-state index is 11.7. The molecule has 0 spiro atoms. The van der Waals surface area contributed by atoms with Crippen molar-refractivity contribution in [1.82, 2.24) is 4.57 Å². The Bertz CT molecular complexity index is 1050. The molecular formula is C20H25N3O3S. The topological polar surface area (TPSA) is 86.4 Å². The third kappa shape index (κ3) is 3.73. The Kier molecular flexibility index (Phi) is 5.32. The van der Waals surface area contributed by atoms with Crippen molar-refractivity contribution < 1.29 is 13.2 Å². The molecule has 3 N–H and O–H groups in total. The molecule has 1 heterocycles. The van der Waals surface area contributed by atoms with E-state index in [0.717, 1.165) is 40.9 Å². The molecule has 1 aromatic heterocycles. The second-order valence-electron chi connectivity index (χ2n) is 6.38. The van der Waals surface area contributed by atoms with E-state index in [1.165, 1.54) is 0 Å². The zero-order valence-electron chi connectivity index (χ0n) is 15.8. The van der Waals surface area contributed by atoms with Crippen molar-refractivity contribution >= 4 is 32.3 Å². The fourth-order valence-electron chi connectivity index (χ4n) is 3.20. The first-order valence-electron chi connectivity index (χ1n) is 8.96. The minimum absolute atomic E-state index is 0.0360. The zero-order chi connectivity index (χ0) is 19.6. The van der Waals surface area contributed by atoms with Gasteiger partial charge in [0.2, 0.25) is 10.0 Å². The molecule has 0 unspecified atom stereocenters. The molecule has 2 aromatic carbocycles. The molecule has 0 aliphatic heterocycles. The van der Waals surface area contributed by atoms with Crippen LogP contribution in [-0.2, 0) is 16.6 Å². The Labute approximate surface area is 160 Å². The Balaban J connectivity index is 2.10. The largest absolute Gasteiger partial charge is 0.497 e. The predicted octanol–water partition coefficient (Wildman–Crippen LogP) is 4.07. The number of hydrogen-bond donors (Lipinski definition) is 2. The average Bonchev–Trinajstić information content (AvgIpc) is 2.94. The summed E-state index contributed by atoms with van der Waals surface area (Å²) in [5.74, 6) is 0.821. The number of rotatable bonds is 7. The Morgan fingerprint density at radius 2 is 1.81 bits per heavy atom. The van der Waals surface area contributed by atoms with E-state index in [0.29, 0.717) is 11.4 Å². The monoisotopic (exact) mass is 387 g/mol. The van der Waals surface area contributed by atoms with Gasteiger partial charge in [-0.3, -0.25) is 4.72 Å². The van der Waals surface area contributed by atoms with Crippen LogP contribution in [0.2, 0.25) is 0 Å². The van der Waals surface area contributed by atoms with Crippen LogP contribution in [0.15, 0.2) is 42.5 Å². The highest BCUT2D eigenvalue weighted by Gasteiger charge is 2.17. The van der Waals surface area contributed by atoms with Crippen LogP contribution in [0.25, 0.3) is 22.2 Å². The van der Waals surface area contributed by atoms with Gasteiger partial charge in [0, 0.05) is 29.2 Å². The van der Waals surface area contributed by atoms with Crippen LogP contribution >= 0.6 is 0 Å². The lowest BCUT2D eigenvalue weighted by molar-refractivity contribution is 0.415. The van der Waals surface area contributed by atoms with Crippen LogP contribution in [0.3, 0.4) is 0 Å². The first-order chi connectivity index (χ1) is 12.9. The molecule has 0 saturated heterocycles. The molecule has 0 amide bonds. The summed E-state index contributed by atoms with van der Waals surface area (Å²) >= 11 is 0. The number of nitrogen functional groups attached to an aromatic ring is 1. The number of anilines is 2. The van der Waals surface area contributed by atoms with Gasteiger partial charge in [0.05, 0.1) is 29.8 Å². The van der Waals surface area contributed by atoms with E-state index in [1.54, 1.807) is 26.2 Å². The molecule has 7 heteroatoms. The SMILES string of the molecule is CCCn1c(-c2ccc(NS(=O)(=O)CC)cc2)c(N)c2ccc(OC)cc21. The molecule has 0 saturated carbocycles. The molecule has 0 fully saturated rings. The fraction of sp³-hybridized carbons (Fsp3) is 0.300. The number of hydrogen-bond acceptors (Lipinski definition) is 4. The van der Waals surface area contributed by atoms with Gasteiger partial charge in [0.1, 0.15) is 5.75 Å². The zero-order valence-corrected chi connectivity index (χ0v) is 16.6. The van der Waals surface area contributed by atoms with Crippen molar-refractivity contribution in [2.75, 3.05) is 23.3 Å². The summed E-state index contributed by atoms with van der Waals surface area (Å²) in [7, 11) is -1.65. The van der Waals surface area contributed by atoms with Crippen molar-refractivity contribution in [3.8, 4) is 17.0 Å². The number of nitrogens with one attached hydrogen (secondary N) is 1. The lowest BCUT2D eigenvalue weighted by Crippen LogP contribution is -2.14. The average molecular weight is 388 g/mol. The number of nitrogens with zero attached hydrogens (tertiary/aromatic N) is 1. The van der Waals surface area contributed by atoms with Crippen molar-refractivity contribution in [1.29, 1.82) is 0 Å². The van der Waals surface area contributed by atoms with E-state index in [2.05, 4.69) is 16.2 Å². The molecule has 0 aliphatic carbocycles. The molecule has 0 radical (unpaired) electrons. The lowest BCUT2D eigenvalue weighted by atomic mass is 10.1. The normalized spacial score (nSPS) is 11.7. The summed E-state index contributed by atoms with van der Waals surface area (Å²) in [5.41, 5.74) is 10.6. The first-order valence-corrected chi connectivity index (χ1v) is 10.6. The molecule has 0 aliphatic rings. The van der Waals surface area contributed by atoms with Gasteiger partial charge in [-0.2, -0.15) is 0 Å². The Morgan fingerprint density at radius 1 is 1.11 bits per heavy atom. The van der Waals surface area contributed by atoms with Gasteiger partial charge in [-0.05, 0) is 37.6 Å². The number of benzene rings is 2. The van der Waals surface area contributed by atoms with E-state index in [9.17, 15) is 8.42 Å². The molecule has 3 rings (SSSR count). The van der Waals surface area contributed by atoms with Crippen LogP contribution < -0.4 is 15.2 Å². The highest BCUT2D eigenvalue weighted by molar-refractivity contribution is 7.92. The van der Waals surface area contributed by atoms with Gasteiger partial charge >= 0.3 is 0 Å². The molecule has 144 valence electrons. The third-order valence-electron chi connectivity index (χ3n) is 4.57. The molecule has 27 heavy (non-hydrogen) atoms. The fourth-order valence-corrected chi connectivity index (χ4v) is 3.84. The number of ether oxygens (including phenoxy) is 1. The van der Waals surface area contributed by atoms with Gasteiger partial charge in [0.15, 0.2) is 0 Å². The van der Waals surface area contributed by atoms with E-state index in [-0.39, 0.29) is 5.75 Å². The van der Waals surface area contributed by atoms with Crippen LogP contribution in [0.4, 0.5) is 11.4 Å². The Hall–Kier alpha value is -2.67. The highest BCUT2D eigenvalue weighted by Crippen LogP contribution is 2.38. The maximum Gasteiger partial charge on any atom is 0.232 e. The standard InChI is InChI=1S/C20H25N3O3S/c1-4-12-23-18-13-16(26-3)10-11-17(18)19(21)20(23)14-6-8-15(9-7-14)22-27(24,25)5-2/h6-11,13,22H,4-5,12,21H2,1-3H3. The van der Waals surface area contributed by atoms with Crippen molar-refractivity contribution in [2.24, 2.45) is 0 Å². The predicted molar refractivity (Wildman–Crippen MR) is 112 cm³/mol. The quantitative estimate of drug-likeness (QED) is 0.640. The van der Waals surface area contributed by atoms with Gasteiger partial charge in [-0.15, -0.1) is 0 Å². The van der Waals surface area contributed by atoms with E-state index >= 15 is 0 Å². The van der Waals surface area contributed by atoms with Crippen molar-refractivity contribution in [3.63, 3.8) is 0 Å². The van der Waals surface area contributed by atoms with Crippen LogP contribution in [0, 0.1) is 0 Å². The Morgan fingerprint density at radius 3 is 2.41 bits per heavy atom. The lowest BCUT2D eigenvalue weighted by Gasteiger charge is -2.12.